The number of aromatic amines is 1. The fourth-order valence-electron chi connectivity index (χ4n) is 4.92. The van der Waals surface area contributed by atoms with Crippen LogP contribution in [0.5, 0.6) is 5.75 Å². The Labute approximate surface area is 264 Å². The molecular formula is C33H36N6O7. The van der Waals surface area contributed by atoms with E-state index in [9.17, 15) is 34.2 Å². The van der Waals surface area contributed by atoms with Crippen molar-refractivity contribution in [2.45, 2.75) is 37.4 Å². The number of rotatable bonds is 15. The van der Waals surface area contributed by atoms with Crippen LogP contribution in [-0.2, 0) is 43.2 Å². The number of hydrogen-bond donors (Lipinski definition) is 8. The Morgan fingerprint density at radius 3 is 2.00 bits per heavy atom. The third-order valence-electron chi connectivity index (χ3n) is 7.28. The third-order valence-corrected chi connectivity index (χ3v) is 7.28. The zero-order valence-corrected chi connectivity index (χ0v) is 24.9. The van der Waals surface area contributed by atoms with Crippen LogP contribution in [0, 0.1) is 0 Å². The van der Waals surface area contributed by atoms with Crippen LogP contribution >= 0.6 is 0 Å². The van der Waals surface area contributed by atoms with Crippen LogP contribution in [-0.4, -0.2) is 76.0 Å². The van der Waals surface area contributed by atoms with E-state index < -0.39 is 54.3 Å². The van der Waals surface area contributed by atoms with E-state index >= 15 is 0 Å². The predicted octanol–water partition coefficient (Wildman–Crippen LogP) is 0.515. The third kappa shape index (κ3) is 9.40. The maximum absolute atomic E-state index is 13.5. The van der Waals surface area contributed by atoms with Gasteiger partial charge < -0.3 is 42.2 Å². The van der Waals surface area contributed by atoms with Gasteiger partial charge in [-0.15, -0.1) is 0 Å². The Bertz CT molecular complexity index is 1670. The number of phenolic OH excluding ortho intramolecular Hbond substituents is 1. The molecule has 13 heteroatoms. The minimum absolute atomic E-state index is 0.0152. The lowest BCUT2D eigenvalue weighted by Gasteiger charge is -2.22. The summed E-state index contributed by atoms with van der Waals surface area (Å²) in [4.78, 5) is 66.8. The molecule has 4 rings (SSSR count). The van der Waals surface area contributed by atoms with E-state index in [-0.39, 0.29) is 31.6 Å². The number of para-hydroxylation sites is 1. The predicted molar refractivity (Wildman–Crippen MR) is 169 cm³/mol. The summed E-state index contributed by atoms with van der Waals surface area (Å²) in [7, 11) is 0. The van der Waals surface area contributed by atoms with Gasteiger partial charge in [-0.1, -0.05) is 60.7 Å². The van der Waals surface area contributed by atoms with Crippen molar-refractivity contribution in [3.63, 3.8) is 0 Å². The monoisotopic (exact) mass is 628 g/mol. The molecule has 0 aliphatic rings. The van der Waals surface area contributed by atoms with Crippen molar-refractivity contribution < 1.29 is 34.2 Å². The van der Waals surface area contributed by atoms with Crippen LogP contribution in [0.3, 0.4) is 0 Å². The number of fused-ring (bicyclic) bond motifs is 1. The summed E-state index contributed by atoms with van der Waals surface area (Å²) < 4.78 is 0. The number of nitrogens with one attached hydrogen (secondary N) is 5. The molecule has 0 saturated carbocycles. The molecule has 4 aromatic rings. The van der Waals surface area contributed by atoms with Gasteiger partial charge in [0.05, 0.1) is 13.1 Å². The normalized spacial score (nSPS) is 12.8. The van der Waals surface area contributed by atoms with Crippen LogP contribution in [0.15, 0.2) is 85.1 Å². The summed E-state index contributed by atoms with van der Waals surface area (Å²) >= 11 is 0. The maximum atomic E-state index is 13.5. The molecule has 1 aromatic heterocycles. The van der Waals surface area contributed by atoms with Gasteiger partial charge in [-0.05, 0) is 34.9 Å². The van der Waals surface area contributed by atoms with Gasteiger partial charge in [0.15, 0.2) is 0 Å². The second kappa shape index (κ2) is 15.9. The summed E-state index contributed by atoms with van der Waals surface area (Å²) in [5.74, 6) is -3.89. The standard InChI is InChI=1S/C33H36N6O7/c34-17-29(41)37-26(14-20-6-2-1-3-7-20)31(43)36-19-30(42)38-27(16-22-18-35-25-9-5-4-8-24(22)25)32(44)39-28(33(45)46)15-21-10-12-23(40)13-11-21/h1-13,18,26-28,35,40H,14-17,19,34H2,(H,36,43)(H,37,41)(H,38,42)(H,39,44)(H,45,46). The molecule has 0 bridgehead atoms. The molecule has 0 fully saturated rings. The van der Waals surface area contributed by atoms with E-state index in [1.807, 2.05) is 30.3 Å². The number of carbonyl (C=O) groups excluding carboxylic acids is 4. The van der Waals surface area contributed by atoms with Crippen molar-refractivity contribution in [3.05, 3.63) is 102 Å². The van der Waals surface area contributed by atoms with E-state index in [4.69, 9.17) is 5.73 Å². The van der Waals surface area contributed by atoms with E-state index in [0.29, 0.717) is 11.1 Å². The number of hydrogen-bond acceptors (Lipinski definition) is 7. The fraction of sp³-hybridized carbons (Fsp3) is 0.242. The molecule has 3 atom stereocenters. The van der Waals surface area contributed by atoms with Crippen LogP contribution in [0.1, 0.15) is 16.7 Å². The highest BCUT2D eigenvalue weighted by molar-refractivity contribution is 5.94. The molecule has 0 radical (unpaired) electrons. The molecule has 240 valence electrons. The van der Waals surface area contributed by atoms with Gasteiger partial charge in [-0.25, -0.2) is 4.79 Å². The van der Waals surface area contributed by atoms with Crippen molar-refractivity contribution in [1.82, 2.24) is 26.3 Å². The highest BCUT2D eigenvalue weighted by atomic mass is 16.4. The Hall–Kier alpha value is -5.69. The number of nitrogens with two attached hydrogens (primary N) is 1. The van der Waals surface area contributed by atoms with Crippen LogP contribution in [0.4, 0.5) is 0 Å². The molecule has 0 spiro atoms. The summed E-state index contributed by atoms with van der Waals surface area (Å²) in [6.07, 6.45) is 1.81. The average Bonchev–Trinajstić information content (AvgIpc) is 3.46. The number of carboxylic acids is 1. The van der Waals surface area contributed by atoms with E-state index in [2.05, 4.69) is 26.3 Å². The smallest absolute Gasteiger partial charge is 0.326 e. The van der Waals surface area contributed by atoms with Crippen molar-refractivity contribution >= 4 is 40.5 Å². The lowest BCUT2D eigenvalue weighted by Crippen LogP contribution is -2.55. The topological polar surface area (TPSA) is 216 Å². The Morgan fingerprint density at radius 1 is 0.696 bits per heavy atom. The van der Waals surface area contributed by atoms with Crippen molar-refractivity contribution in [3.8, 4) is 5.75 Å². The number of aliphatic carboxylic acids is 1. The van der Waals surface area contributed by atoms with Gasteiger partial charge in [0, 0.05) is 36.4 Å². The molecular weight excluding hydrogens is 592 g/mol. The van der Waals surface area contributed by atoms with Crippen molar-refractivity contribution in [2.75, 3.05) is 13.1 Å². The minimum atomic E-state index is -1.33. The molecule has 1 heterocycles. The molecule has 9 N–H and O–H groups in total. The quantitative estimate of drug-likeness (QED) is 0.0926. The molecule has 0 aliphatic carbocycles. The molecule has 4 amide bonds. The fourth-order valence-corrected chi connectivity index (χ4v) is 4.92. The molecule has 3 aromatic carbocycles. The number of amides is 4. The summed E-state index contributed by atoms with van der Waals surface area (Å²) in [6, 6.07) is 18.8. The lowest BCUT2D eigenvalue weighted by molar-refractivity contribution is -0.142. The molecule has 0 saturated heterocycles. The summed E-state index contributed by atoms with van der Waals surface area (Å²) in [6.45, 7) is -0.843. The number of H-pyrrole nitrogens is 1. The Balaban J connectivity index is 1.47. The first-order valence-corrected chi connectivity index (χ1v) is 14.6. The van der Waals surface area contributed by atoms with Gasteiger partial charge in [-0.3, -0.25) is 19.2 Å². The van der Waals surface area contributed by atoms with E-state index in [1.54, 1.807) is 42.6 Å². The van der Waals surface area contributed by atoms with Gasteiger partial charge in [0.1, 0.15) is 23.9 Å². The summed E-state index contributed by atoms with van der Waals surface area (Å²) in [5, 5.41) is 30.4. The highest BCUT2D eigenvalue weighted by Gasteiger charge is 2.28. The average molecular weight is 629 g/mol. The second-order valence-electron chi connectivity index (χ2n) is 10.7. The number of aromatic nitrogens is 1. The first-order chi connectivity index (χ1) is 22.1. The molecule has 3 unspecified atom stereocenters. The second-order valence-corrected chi connectivity index (χ2v) is 10.7. The largest absolute Gasteiger partial charge is 0.508 e. The zero-order chi connectivity index (χ0) is 33.1. The van der Waals surface area contributed by atoms with Gasteiger partial charge in [0.2, 0.25) is 23.6 Å². The van der Waals surface area contributed by atoms with Gasteiger partial charge in [0.25, 0.3) is 0 Å². The van der Waals surface area contributed by atoms with Crippen molar-refractivity contribution in [2.24, 2.45) is 5.73 Å². The lowest BCUT2D eigenvalue weighted by atomic mass is 10.0. The molecule has 13 nitrogen and oxygen atoms in total. The molecule has 0 aliphatic heterocycles. The summed E-state index contributed by atoms with van der Waals surface area (Å²) in [5.41, 5.74) is 8.28. The van der Waals surface area contributed by atoms with Gasteiger partial charge >= 0.3 is 5.97 Å². The number of carbonyl (C=O) groups is 5. The highest BCUT2D eigenvalue weighted by Crippen LogP contribution is 2.19. The van der Waals surface area contributed by atoms with Crippen LogP contribution in [0.25, 0.3) is 10.9 Å². The Morgan fingerprint density at radius 2 is 1.30 bits per heavy atom. The van der Waals surface area contributed by atoms with Crippen LogP contribution in [0.2, 0.25) is 0 Å². The first-order valence-electron chi connectivity index (χ1n) is 14.6. The maximum Gasteiger partial charge on any atom is 0.326 e. The van der Waals surface area contributed by atoms with Crippen molar-refractivity contribution in [1.29, 1.82) is 0 Å². The number of benzene rings is 3. The van der Waals surface area contributed by atoms with E-state index in [0.717, 1.165) is 16.5 Å². The number of phenols is 1. The minimum Gasteiger partial charge on any atom is -0.508 e. The first kappa shape index (κ1) is 33.2. The van der Waals surface area contributed by atoms with E-state index in [1.165, 1.54) is 12.1 Å². The molecule has 46 heavy (non-hydrogen) atoms. The SMILES string of the molecule is NCC(=O)NC(Cc1ccccc1)C(=O)NCC(=O)NC(Cc1c[nH]c2ccccc12)C(=O)NC(Cc1ccc(O)cc1)C(=O)O. The number of aromatic hydroxyl groups is 1. The van der Waals surface area contributed by atoms with Crippen LogP contribution < -0.4 is 27.0 Å². The number of carboxylic acid groups (broad SMARTS) is 1. The Kier molecular flexibility index (Phi) is 11.5. The van der Waals surface area contributed by atoms with Gasteiger partial charge in [-0.2, -0.15) is 0 Å². The zero-order valence-electron chi connectivity index (χ0n) is 24.9.